The fraction of sp³-hybridized carbons (Fsp3) is 0.105. The quantitative estimate of drug-likeness (QED) is 0.747. The van der Waals surface area contributed by atoms with Crippen LogP contribution in [0.4, 0.5) is 15.9 Å². The molecular formula is C19H17FN4O. The molecule has 5 nitrogen and oxygen atoms in total. The van der Waals surface area contributed by atoms with Crippen molar-refractivity contribution in [3.63, 3.8) is 0 Å². The molecule has 0 atom stereocenters. The summed E-state index contributed by atoms with van der Waals surface area (Å²) < 4.78 is 13.7. The molecule has 6 heteroatoms. The number of amides is 1. The van der Waals surface area contributed by atoms with Gasteiger partial charge >= 0.3 is 0 Å². The molecule has 2 aromatic carbocycles. The number of aryl methyl sites for hydroxylation is 1. The number of hydrogen-bond donors (Lipinski definition) is 2. The Kier molecular flexibility index (Phi) is 4.99. The van der Waals surface area contributed by atoms with Crippen LogP contribution in [0.15, 0.2) is 60.9 Å². The van der Waals surface area contributed by atoms with Crippen LogP contribution in [0.5, 0.6) is 0 Å². The minimum atomic E-state index is -0.397. The summed E-state index contributed by atoms with van der Waals surface area (Å²) in [4.78, 5) is 20.2. The summed E-state index contributed by atoms with van der Waals surface area (Å²) in [5, 5.41) is 5.65. The van der Waals surface area contributed by atoms with Crippen LogP contribution in [-0.2, 0) is 6.54 Å². The number of nitrogens with zero attached hydrogens (tertiary/aromatic N) is 2. The van der Waals surface area contributed by atoms with Gasteiger partial charge in [0.2, 0.25) is 0 Å². The van der Waals surface area contributed by atoms with Gasteiger partial charge in [0.15, 0.2) is 0 Å². The van der Waals surface area contributed by atoms with Gasteiger partial charge in [-0.2, -0.15) is 0 Å². The number of rotatable bonds is 5. The van der Waals surface area contributed by atoms with Crippen LogP contribution in [0, 0.1) is 12.7 Å². The second kappa shape index (κ2) is 7.53. The first-order chi connectivity index (χ1) is 12.1. The Morgan fingerprint density at radius 1 is 1.08 bits per heavy atom. The first kappa shape index (κ1) is 16.6. The molecule has 3 aromatic rings. The lowest BCUT2D eigenvalue weighted by Crippen LogP contribution is -2.24. The molecular weight excluding hydrogens is 319 g/mol. The molecule has 0 saturated carbocycles. The van der Waals surface area contributed by atoms with Crippen molar-refractivity contribution in [3.8, 4) is 0 Å². The van der Waals surface area contributed by atoms with Gasteiger partial charge < -0.3 is 10.6 Å². The van der Waals surface area contributed by atoms with Gasteiger partial charge in [-0.25, -0.2) is 14.4 Å². The molecule has 3 rings (SSSR count). The third kappa shape index (κ3) is 4.38. The second-order valence-electron chi connectivity index (χ2n) is 5.56. The van der Waals surface area contributed by atoms with Gasteiger partial charge in [0.1, 0.15) is 23.7 Å². The van der Waals surface area contributed by atoms with Crippen molar-refractivity contribution in [1.29, 1.82) is 0 Å². The Morgan fingerprint density at radius 2 is 1.84 bits per heavy atom. The van der Waals surface area contributed by atoms with E-state index in [0.29, 0.717) is 12.4 Å². The van der Waals surface area contributed by atoms with Gasteiger partial charge in [0.25, 0.3) is 5.91 Å². The van der Waals surface area contributed by atoms with E-state index in [0.717, 1.165) is 11.1 Å². The minimum Gasteiger partial charge on any atom is -0.347 e. The maximum atomic E-state index is 13.7. The van der Waals surface area contributed by atoms with Crippen molar-refractivity contribution in [2.75, 3.05) is 5.32 Å². The van der Waals surface area contributed by atoms with Crippen LogP contribution >= 0.6 is 0 Å². The third-order valence-corrected chi connectivity index (χ3v) is 3.61. The minimum absolute atomic E-state index is 0.209. The van der Waals surface area contributed by atoms with Gasteiger partial charge in [-0.15, -0.1) is 0 Å². The number of nitrogens with one attached hydrogen (secondary N) is 2. The SMILES string of the molecule is Cc1ccc(CNC(=O)c2cc(Nc3ccccc3F)ncn2)cc1. The normalized spacial score (nSPS) is 10.3. The molecule has 0 unspecified atom stereocenters. The van der Waals surface area contributed by atoms with Crippen molar-refractivity contribution in [1.82, 2.24) is 15.3 Å². The van der Waals surface area contributed by atoms with Gasteiger partial charge in [-0.05, 0) is 24.6 Å². The zero-order valence-corrected chi connectivity index (χ0v) is 13.7. The lowest BCUT2D eigenvalue weighted by Gasteiger charge is -2.08. The molecule has 0 bridgehead atoms. The molecule has 25 heavy (non-hydrogen) atoms. The highest BCUT2D eigenvalue weighted by atomic mass is 19.1. The summed E-state index contributed by atoms with van der Waals surface area (Å²) >= 11 is 0. The van der Waals surface area contributed by atoms with Crippen LogP contribution in [0.25, 0.3) is 0 Å². The Morgan fingerprint density at radius 3 is 2.60 bits per heavy atom. The maximum absolute atomic E-state index is 13.7. The first-order valence-electron chi connectivity index (χ1n) is 7.79. The molecule has 0 radical (unpaired) electrons. The van der Waals surface area contributed by atoms with E-state index in [2.05, 4.69) is 20.6 Å². The van der Waals surface area contributed by atoms with Crippen LogP contribution in [0.3, 0.4) is 0 Å². The van der Waals surface area contributed by atoms with E-state index in [9.17, 15) is 9.18 Å². The highest BCUT2D eigenvalue weighted by molar-refractivity contribution is 5.92. The Hall–Kier alpha value is -3.28. The monoisotopic (exact) mass is 336 g/mol. The molecule has 0 saturated heterocycles. The summed E-state index contributed by atoms with van der Waals surface area (Å²) in [6.45, 7) is 2.41. The molecule has 1 aromatic heterocycles. The van der Waals surface area contributed by atoms with E-state index in [-0.39, 0.29) is 17.3 Å². The van der Waals surface area contributed by atoms with E-state index in [4.69, 9.17) is 0 Å². The molecule has 126 valence electrons. The van der Waals surface area contributed by atoms with E-state index < -0.39 is 5.82 Å². The lowest BCUT2D eigenvalue weighted by molar-refractivity contribution is 0.0946. The lowest BCUT2D eigenvalue weighted by atomic mass is 10.1. The van der Waals surface area contributed by atoms with Crippen molar-refractivity contribution in [2.45, 2.75) is 13.5 Å². The van der Waals surface area contributed by atoms with Crippen LogP contribution < -0.4 is 10.6 Å². The molecule has 0 aliphatic carbocycles. The van der Waals surface area contributed by atoms with Gasteiger partial charge in [0.05, 0.1) is 5.69 Å². The first-order valence-corrected chi connectivity index (χ1v) is 7.79. The molecule has 1 amide bonds. The van der Waals surface area contributed by atoms with Crippen LogP contribution in [0.1, 0.15) is 21.6 Å². The maximum Gasteiger partial charge on any atom is 0.270 e. The summed E-state index contributed by atoms with van der Waals surface area (Å²) in [5.74, 6) is -0.369. The standard InChI is InChI=1S/C19H17FN4O/c1-13-6-8-14(9-7-13)11-21-19(25)17-10-18(23-12-22-17)24-16-5-3-2-4-15(16)20/h2-10,12H,11H2,1H3,(H,21,25)(H,22,23,24). The summed E-state index contributed by atoms with van der Waals surface area (Å²) in [5.41, 5.74) is 2.65. The van der Waals surface area contributed by atoms with Crippen molar-refractivity contribution >= 4 is 17.4 Å². The predicted octanol–water partition coefficient (Wildman–Crippen LogP) is 3.60. The molecule has 0 aliphatic rings. The van der Waals surface area contributed by atoms with Crippen LogP contribution in [0.2, 0.25) is 0 Å². The molecule has 1 heterocycles. The Bertz CT molecular complexity index is 881. The average Bonchev–Trinajstić information content (AvgIpc) is 2.63. The molecule has 0 spiro atoms. The highest BCUT2D eigenvalue weighted by Crippen LogP contribution is 2.17. The summed E-state index contributed by atoms with van der Waals surface area (Å²) in [7, 11) is 0. The van der Waals surface area contributed by atoms with Crippen molar-refractivity contribution < 1.29 is 9.18 Å². The predicted molar refractivity (Wildman–Crippen MR) is 94.1 cm³/mol. The summed E-state index contributed by atoms with van der Waals surface area (Å²) in [6.07, 6.45) is 1.27. The molecule has 0 fully saturated rings. The number of para-hydroxylation sites is 1. The van der Waals surface area contributed by atoms with Crippen LogP contribution in [-0.4, -0.2) is 15.9 Å². The van der Waals surface area contributed by atoms with Crippen molar-refractivity contribution in [2.24, 2.45) is 0 Å². The number of carbonyl (C=O) groups is 1. The molecule has 0 aliphatic heterocycles. The fourth-order valence-corrected chi connectivity index (χ4v) is 2.23. The number of benzene rings is 2. The average molecular weight is 336 g/mol. The number of aromatic nitrogens is 2. The number of halogens is 1. The van der Waals surface area contributed by atoms with Gasteiger partial charge in [0, 0.05) is 12.6 Å². The Balaban J connectivity index is 1.67. The van der Waals surface area contributed by atoms with Gasteiger partial charge in [-0.1, -0.05) is 42.0 Å². The Labute approximate surface area is 145 Å². The third-order valence-electron chi connectivity index (χ3n) is 3.61. The number of anilines is 2. The zero-order chi connectivity index (χ0) is 17.6. The number of hydrogen-bond acceptors (Lipinski definition) is 4. The smallest absolute Gasteiger partial charge is 0.270 e. The number of carbonyl (C=O) groups excluding carboxylic acids is 1. The van der Waals surface area contributed by atoms with E-state index in [1.807, 2.05) is 31.2 Å². The topological polar surface area (TPSA) is 66.9 Å². The summed E-state index contributed by atoms with van der Waals surface area (Å²) in [6, 6.07) is 15.6. The fourth-order valence-electron chi connectivity index (χ4n) is 2.23. The van der Waals surface area contributed by atoms with E-state index in [1.54, 1.807) is 18.2 Å². The van der Waals surface area contributed by atoms with E-state index in [1.165, 1.54) is 18.5 Å². The van der Waals surface area contributed by atoms with Crippen molar-refractivity contribution in [3.05, 3.63) is 83.6 Å². The van der Waals surface area contributed by atoms with E-state index >= 15 is 0 Å². The molecule has 2 N–H and O–H groups in total. The highest BCUT2D eigenvalue weighted by Gasteiger charge is 2.09. The largest absolute Gasteiger partial charge is 0.347 e. The second-order valence-corrected chi connectivity index (χ2v) is 5.56. The zero-order valence-electron chi connectivity index (χ0n) is 13.7. The van der Waals surface area contributed by atoms with Gasteiger partial charge in [-0.3, -0.25) is 4.79 Å².